The normalized spacial score (nSPS) is 9.62. The molecule has 0 aliphatic carbocycles. The largest absolute Gasteiger partial charge is 0.452 e. The number of hydrazine groups is 1. The third-order valence-corrected chi connectivity index (χ3v) is 2.35. The average molecular weight is 295 g/mol. The van der Waals surface area contributed by atoms with E-state index in [0.717, 1.165) is 0 Å². The molecule has 0 atom stereocenters. The van der Waals surface area contributed by atoms with Crippen LogP contribution in [0.2, 0.25) is 0 Å². The Morgan fingerprint density at radius 1 is 1.29 bits per heavy atom. The van der Waals surface area contributed by atoms with Crippen molar-refractivity contribution in [3.63, 3.8) is 0 Å². The Kier molecular flexibility index (Phi) is 5.35. The van der Waals surface area contributed by atoms with Crippen LogP contribution in [0.5, 0.6) is 0 Å². The Morgan fingerprint density at radius 2 is 1.95 bits per heavy atom. The number of carbonyl (C=O) groups excluding carboxylic acids is 3. The summed E-state index contributed by atoms with van der Waals surface area (Å²) >= 11 is 0. The molecule has 0 saturated carbocycles. The average Bonchev–Trinajstić information content (AvgIpc) is 2.41. The number of nitrogens with one attached hydrogen (secondary N) is 2. The molecule has 0 aromatic heterocycles. The van der Waals surface area contributed by atoms with Gasteiger partial charge < -0.3 is 4.74 Å². The van der Waals surface area contributed by atoms with Gasteiger partial charge in [0.15, 0.2) is 6.61 Å². The Balaban J connectivity index is 2.73. The van der Waals surface area contributed by atoms with E-state index >= 15 is 0 Å². The molecule has 2 amide bonds. The minimum atomic E-state index is -0.997. The minimum absolute atomic E-state index is 0.243. The van der Waals surface area contributed by atoms with E-state index in [-0.39, 0.29) is 11.3 Å². The van der Waals surface area contributed by atoms with Crippen LogP contribution in [0.4, 0.5) is 5.69 Å². The number of hydrogen-bond donors (Lipinski definition) is 2. The zero-order valence-electron chi connectivity index (χ0n) is 11.3. The maximum Gasteiger partial charge on any atom is 0.345 e. The zero-order chi connectivity index (χ0) is 16.0. The van der Waals surface area contributed by atoms with Crippen molar-refractivity contribution < 1.29 is 24.0 Å². The van der Waals surface area contributed by atoms with E-state index in [1.807, 2.05) is 10.9 Å². The third-order valence-electron chi connectivity index (χ3n) is 2.35. The van der Waals surface area contributed by atoms with Crippen LogP contribution < -0.4 is 10.9 Å². The van der Waals surface area contributed by atoms with Crippen LogP contribution in [0.3, 0.4) is 0 Å². The quantitative estimate of drug-likeness (QED) is 0.465. The number of para-hydroxylation sites is 1. The number of esters is 1. The standard InChI is InChI=1S/C12H13N3O6/c1-7-4-3-5-9(11(7)15(19)20)12(18)21-6-10(17)14-13-8(2)16/h3-5H,6H2,1-2H3,(H,13,16)(H,14,17). The van der Waals surface area contributed by atoms with Crippen LogP contribution in [-0.2, 0) is 14.3 Å². The summed E-state index contributed by atoms with van der Waals surface area (Å²) in [4.78, 5) is 43.8. The van der Waals surface area contributed by atoms with Crippen LogP contribution in [-0.4, -0.2) is 29.3 Å². The van der Waals surface area contributed by atoms with E-state index in [2.05, 4.69) is 4.74 Å². The summed E-state index contributed by atoms with van der Waals surface area (Å²) in [5.41, 5.74) is 3.69. The highest BCUT2D eigenvalue weighted by molar-refractivity contribution is 5.95. The van der Waals surface area contributed by atoms with E-state index in [1.54, 1.807) is 0 Å². The first kappa shape index (κ1) is 16.1. The van der Waals surface area contributed by atoms with Crippen molar-refractivity contribution in [2.45, 2.75) is 13.8 Å². The van der Waals surface area contributed by atoms with E-state index in [4.69, 9.17) is 0 Å². The van der Waals surface area contributed by atoms with Crippen LogP contribution in [0, 0.1) is 17.0 Å². The molecule has 0 saturated heterocycles. The summed E-state index contributed by atoms with van der Waals surface area (Å²) in [7, 11) is 0. The summed E-state index contributed by atoms with van der Waals surface area (Å²) in [6.45, 7) is 1.99. The van der Waals surface area contributed by atoms with Gasteiger partial charge >= 0.3 is 5.97 Å². The second kappa shape index (κ2) is 6.98. The van der Waals surface area contributed by atoms with Crippen molar-refractivity contribution in [1.82, 2.24) is 10.9 Å². The molecular weight excluding hydrogens is 282 g/mol. The number of nitro groups is 1. The SMILES string of the molecule is CC(=O)NNC(=O)COC(=O)c1cccc(C)c1[N+](=O)[O-]. The zero-order valence-corrected chi connectivity index (χ0v) is 11.3. The summed E-state index contributed by atoms with van der Waals surface area (Å²) in [5.74, 6) is -2.26. The molecule has 21 heavy (non-hydrogen) atoms. The molecular formula is C12H13N3O6. The third kappa shape index (κ3) is 4.56. The van der Waals surface area contributed by atoms with E-state index in [1.165, 1.54) is 32.0 Å². The fourth-order valence-electron chi connectivity index (χ4n) is 1.47. The first-order valence-corrected chi connectivity index (χ1v) is 5.79. The van der Waals surface area contributed by atoms with Gasteiger partial charge in [-0.05, 0) is 13.0 Å². The lowest BCUT2D eigenvalue weighted by molar-refractivity contribution is -0.385. The van der Waals surface area contributed by atoms with Crippen molar-refractivity contribution in [3.8, 4) is 0 Å². The van der Waals surface area contributed by atoms with Gasteiger partial charge in [0.25, 0.3) is 11.6 Å². The van der Waals surface area contributed by atoms with Gasteiger partial charge in [-0.2, -0.15) is 0 Å². The molecule has 0 radical (unpaired) electrons. The predicted octanol–water partition coefficient (Wildman–Crippen LogP) is 0.227. The first-order chi connectivity index (χ1) is 9.82. The molecule has 0 aliphatic rings. The molecule has 9 nitrogen and oxygen atoms in total. The summed E-state index contributed by atoms with van der Waals surface area (Å²) < 4.78 is 4.66. The number of nitro benzene ring substituents is 1. The number of amides is 2. The fourth-order valence-corrected chi connectivity index (χ4v) is 1.47. The number of aryl methyl sites for hydroxylation is 1. The van der Waals surface area contributed by atoms with Crippen molar-refractivity contribution in [2.75, 3.05) is 6.61 Å². The molecule has 1 aromatic carbocycles. The monoisotopic (exact) mass is 295 g/mol. The van der Waals surface area contributed by atoms with Crippen molar-refractivity contribution >= 4 is 23.5 Å². The molecule has 9 heteroatoms. The Hall–Kier alpha value is -2.97. The van der Waals surface area contributed by atoms with Crippen molar-refractivity contribution in [1.29, 1.82) is 0 Å². The Morgan fingerprint density at radius 3 is 2.52 bits per heavy atom. The smallest absolute Gasteiger partial charge is 0.345 e. The molecule has 0 spiro atoms. The number of hydrogen-bond acceptors (Lipinski definition) is 6. The second-order valence-electron chi connectivity index (χ2n) is 4.03. The maximum absolute atomic E-state index is 11.8. The van der Waals surface area contributed by atoms with Crippen LogP contribution in [0.15, 0.2) is 18.2 Å². The number of rotatable bonds is 4. The highest BCUT2D eigenvalue weighted by atomic mass is 16.6. The molecule has 0 heterocycles. The van der Waals surface area contributed by atoms with Gasteiger partial charge in [-0.25, -0.2) is 4.79 Å². The Labute approximate surface area is 119 Å². The van der Waals surface area contributed by atoms with Crippen molar-refractivity contribution in [2.24, 2.45) is 0 Å². The lowest BCUT2D eigenvalue weighted by atomic mass is 10.1. The number of carbonyl (C=O) groups is 3. The van der Waals surface area contributed by atoms with E-state index < -0.39 is 29.3 Å². The molecule has 0 bridgehead atoms. The van der Waals surface area contributed by atoms with Gasteiger partial charge in [-0.3, -0.25) is 30.6 Å². The van der Waals surface area contributed by atoms with Crippen LogP contribution >= 0.6 is 0 Å². The molecule has 0 aliphatic heterocycles. The van der Waals surface area contributed by atoms with Gasteiger partial charge in [0.1, 0.15) is 5.56 Å². The van der Waals surface area contributed by atoms with Gasteiger partial charge in [-0.15, -0.1) is 0 Å². The molecule has 1 aromatic rings. The topological polar surface area (TPSA) is 128 Å². The van der Waals surface area contributed by atoms with Gasteiger partial charge in [0.05, 0.1) is 4.92 Å². The molecule has 112 valence electrons. The first-order valence-electron chi connectivity index (χ1n) is 5.79. The fraction of sp³-hybridized carbons (Fsp3) is 0.250. The predicted molar refractivity (Wildman–Crippen MR) is 70.1 cm³/mol. The van der Waals surface area contributed by atoms with E-state index in [0.29, 0.717) is 5.56 Å². The van der Waals surface area contributed by atoms with Gasteiger partial charge in [0, 0.05) is 12.5 Å². The van der Waals surface area contributed by atoms with Crippen LogP contribution in [0.25, 0.3) is 0 Å². The number of ether oxygens (including phenoxy) is 1. The van der Waals surface area contributed by atoms with Crippen molar-refractivity contribution in [3.05, 3.63) is 39.4 Å². The lowest BCUT2D eigenvalue weighted by Gasteiger charge is -2.07. The summed E-state index contributed by atoms with van der Waals surface area (Å²) in [5, 5.41) is 10.9. The Bertz CT molecular complexity index is 599. The summed E-state index contributed by atoms with van der Waals surface area (Å²) in [6.07, 6.45) is 0. The molecule has 0 unspecified atom stereocenters. The van der Waals surface area contributed by atoms with Gasteiger partial charge in [0.2, 0.25) is 5.91 Å². The van der Waals surface area contributed by atoms with Gasteiger partial charge in [-0.1, -0.05) is 12.1 Å². The highest BCUT2D eigenvalue weighted by Gasteiger charge is 2.24. The number of benzene rings is 1. The maximum atomic E-state index is 11.8. The minimum Gasteiger partial charge on any atom is -0.452 e. The molecule has 0 fully saturated rings. The highest BCUT2D eigenvalue weighted by Crippen LogP contribution is 2.23. The summed E-state index contributed by atoms with van der Waals surface area (Å²) in [6, 6.07) is 4.19. The number of nitrogens with zero attached hydrogens (tertiary/aromatic N) is 1. The van der Waals surface area contributed by atoms with Crippen LogP contribution in [0.1, 0.15) is 22.8 Å². The van der Waals surface area contributed by atoms with E-state index in [9.17, 15) is 24.5 Å². The second-order valence-corrected chi connectivity index (χ2v) is 4.03. The molecule has 1 rings (SSSR count). The molecule has 2 N–H and O–H groups in total. The lowest BCUT2D eigenvalue weighted by Crippen LogP contribution is -2.42.